The third-order valence-electron chi connectivity index (χ3n) is 6.75. The number of benzene rings is 2. The van der Waals surface area contributed by atoms with Crippen LogP contribution in [-0.2, 0) is 25.2 Å². The van der Waals surface area contributed by atoms with Gasteiger partial charge in [-0.15, -0.1) is 0 Å². The molecule has 5 N–H and O–H groups in total. The molecule has 0 saturated carbocycles. The Morgan fingerprint density at radius 3 is 2.60 bits per heavy atom. The third-order valence-corrected chi connectivity index (χ3v) is 8.38. The zero-order chi connectivity index (χ0) is 29.1. The fraction of sp³-hybridized carbons (Fsp3) is 0.360. The Kier molecular flexibility index (Phi) is 8.51. The topological polar surface area (TPSA) is 183 Å². The molecule has 15 heteroatoms. The van der Waals surface area contributed by atoms with Crippen LogP contribution < -0.4 is 20.7 Å². The number of rotatable bonds is 8. The van der Waals surface area contributed by atoms with E-state index in [1.165, 1.54) is 36.2 Å². The second-order valence-corrected chi connectivity index (χ2v) is 11.9. The quantitative estimate of drug-likeness (QED) is 0.309. The van der Waals surface area contributed by atoms with Gasteiger partial charge in [0.15, 0.2) is 5.60 Å². The van der Waals surface area contributed by atoms with Crippen LogP contribution in [0.2, 0.25) is 5.02 Å². The van der Waals surface area contributed by atoms with Gasteiger partial charge in [-0.05, 0) is 68.8 Å². The number of fused-ring (bicyclic) bond motifs is 2. The zero-order valence-electron chi connectivity index (χ0n) is 21.4. The van der Waals surface area contributed by atoms with Crippen molar-refractivity contribution in [1.29, 1.82) is 0 Å². The number of hydrogen-bond donors (Lipinski definition) is 5. The number of carboxylic acid groups (broad SMARTS) is 1. The molecule has 0 radical (unpaired) electrons. The van der Waals surface area contributed by atoms with Crippen molar-refractivity contribution in [3.8, 4) is 0 Å². The van der Waals surface area contributed by atoms with Gasteiger partial charge in [-0.25, -0.2) is 22.7 Å². The van der Waals surface area contributed by atoms with Gasteiger partial charge in [-0.2, -0.15) is 0 Å². The van der Waals surface area contributed by atoms with Crippen LogP contribution in [0.3, 0.4) is 0 Å². The van der Waals surface area contributed by atoms with Crippen molar-refractivity contribution in [2.24, 2.45) is 0 Å². The first-order valence-corrected chi connectivity index (χ1v) is 14.4. The smallest absolute Gasteiger partial charge is 0.412 e. The van der Waals surface area contributed by atoms with Crippen LogP contribution in [0.5, 0.6) is 0 Å². The predicted octanol–water partition coefficient (Wildman–Crippen LogP) is 2.55. The molecule has 0 aromatic heterocycles. The molecule has 13 nitrogen and oxygen atoms in total. The number of likely N-dealkylation sites (tertiary alicyclic amines) is 1. The van der Waals surface area contributed by atoms with Crippen molar-refractivity contribution in [3.05, 3.63) is 58.6 Å². The van der Waals surface area contributed by atoms with Crippen LogP contribution in [0.15, 0.2) is 42.5 Å². The highest BCUT2D eigenvalue weighted by atomic mass is 35.5. The predicted molar refractivity (Wildman–Crippen MR) is 146 cm³/mol. The van der Waals surface area contributed by atoms with E-state index in [-0.39, 0.29) is 24.2 Å². The van der Waals surface area contributed by atoms with Crippen molar-refractivity contribution >= 4 is 57.0 Å². The van der Waals surface area contributed by atoms with Gasteiger partial charge < -0.3 is 20.1 Å². The maximum Gasteiger partial charge on any atom is 0.412 e. The van der Waals surface area contributed by atoms with E-state index in [4.69, 9.17) is 21.4 Å². The first-order chi connectivity index (χ1) is 18.9. The summed E-state index contributed by atoms with van der Waals surface area (Å²) in [6, 6.07) is 9.24. The van der Waals surface area contributed by atoms with E-state index in [0.717, 1.165) is 0 Å². The minimum absolute atomic E-state index is 0.0205. The molecule has 2 aromatic rings. The molecule has 0 unspecified atom stereocenters. The fourth-order valence-electron chi connectivity index (χ4n) is 4.81. The van der Waals surface area contributed by atoms with E-state index >= 15 is 0 Å². The maximum absolute atomic E-state index is 13.8. The Labute approximate surface area is 235 Å². The van der Waals surface area contributed by atoms with Crippen molar-refractivity contribution in [2.45, 2.75) is 30.9 Å². The summed E-state index contributed by atoms with van der Waals surface area (Å²) in [5, 5.41) is 16.7. The van der Waals surface area contributed by atoms with Gasteiger partial charge in [0.25, 0.3) is 5.91 Å². The van der Waals surface area contributed by atoms with Crippen molar-refractivity contribution < 1.29 is 37.4 Å². The van der Waals surface area contributed by atoms with Crippen LogP contribution in [0.25, 0.3) is 0 Å². The molecule has 2 atom stereocenters. The molecule has 1 fully saturated rings. The van der Waals surface area contributed by atoms with E-state index < -0.39 is 51.4 Å². The average molecular weight is 594 g/mol. The van der Waals surface area contributed by atoms with E-state index in [2.05, 4.69) is 20.7 Å². The van der Waals surface area contributed by atoms with Crippen LogP contribution in [0.4, 0.5) is 21.0 Å². The molecular formula is C25H28ClN5O8S. The number of piperidine rings is 1. The summed E-state index contributed by atoms with van der Waals surface area (Å²) in [5.74, 6) is -1.63. The lowest BCUT2D eigenvalue weighted by Crippen LogP contribution is -2.57. The highest BCUT2D eigenvalue weighted by Gasteiger charge is 2.47. The van der Waals surface area contributed by atoms with Gasteiger partial charge in [0.2, 0.25) is 15.9 Å². The van der Waals surface area contributed by atoms with Gasteiger partial charge in [0.05, 0.1) is 18.0 Å². The minimum Gasteiger partial charge on any atom is -0.465 e. The Bertz CT molecular complexity index is 1440. The Balaban J connectivity index is 1.58. The number of amides is 4. The summed E-state index contributed by atoms with van der Waals surface area (Å²) in [4.78, 5) is 51.5. The summed E-state index contributed by atoms with van der Waals surface area (Å²) in [5.41, 5.74) is 0.337. The molecular weight excluding hydrogens is 566 g/mol. The highest BCUT2D eigenvalue weighted by Crippen LogP contribution is 2.43. The normalized spacial score (nSPS) is 19.1. The molecule has 4 amide bonds. The molecule has 0 bridgehead atoms. The van der Waals surface area contributed by atoms with Crippen molar-refractivity contribution in [3.63, 3.8) is 0 Å². The third kappa shape index (κ3) is 6.63. The van der Waals surface area contributed by atoms with Crippen LogP contribution in [-0.4, -0.2) is 74.4 Å². The van der Waals surface area contributed by atoms with E-state index in [9.17, 15) is 27.6 Å². The summed E-state index contributed by atoms with van der Waals surface area (Å²) in [6.07, 6.45) is -1.26. The number of nitrogens with one attached hydrogen (secondary N) is 4. The second kappa shape index (κ2) is 11.7. The van der Waals surface area contributed by atoms with E-state index in [0.29, 0.717) is 35.7 Å². The lowest BCUT2D eigenvalue weighted by molar-refractivity contribution is -0.141. The summed E-state index contributed by atoms with van der Waals surface area (Å²) in [6.45, 7) is 0.273. The molecule has 1 spiro atoms. The summed E-state index contributed by atoms with van der Waals surface area (Å²) >= 11 is 6.22. The van der Waals surface area contributed by atoms with E-state index in [1.807, 2.05) is 0 Å². The molecule has 0 aliphatic carbocycles. The van der Waals surface area contributed by atoms with Crippen LogP contribution in [0.1, 0.15) is 35.2 Å². The van der Waals surface area contributed by atoms with Gasteiger partial charge in [-0.3, -0.25) is 20.2 Å². The van der Waals surface area contributed by atoms with Gasteiger partial charge in [0, 0.05) is 28.4 Å². The largest absolute Gasteiger partial charge is 0.465 e. The van der Waals surface area contributed by atoms with Crippen LogP contribution in [0, 0.1) is 0 Å². The number of halogens is 1. The average Bonchev–Trinajstić information content (AvgIpc) is 2.91. The molecule has 2 heterocycles. The number of sulfonamides is 1. The molecule has 2 aromatic carbocycles. The van der Waals surface area contributed by atoms with Gasteiger partial charge in [0.1, 0.15) is 6.04 Å². The maximum atomic E-state index is 13.8. The first-order valence-electron chi connectivity index (χ1n) is 12.3. The number of nitrogens with zero attached hydrogens (tertiary/aromatic N) is 1. The Hall–Kier alpha value is -3.88. The zero-order valence-corrected chi connectivity index (χ0v) is 23.0. The molecule has 1 saturated heterocycles. The minimum atomic E-state index is -3.70. The number of hydrogen-bond acceptors (Lipinski definition) is 7. The molecule has 2 aliphatic heterocycles. The first kappa shape index (κ1) is 29.1. The van der Waals surface area contributed by atoms with Gasteiger partial charge >= 0.3 is 12.2 Å². The van der Waals surface area contributed by atoms with Gasteiger partial charge in [-0.1, -0.05) is 11.6 Å². The Morgan fingerprint density at radius 1 is 1.20 bits per heavy atom. The van der Waals surface area contributed by atoms with Crippen molar-refractivity contribution in [2.75, 3.05) is 36.5 Å². The second-order valence-electron chi connectivity index (χ2n) is 9.41. The SMILES string of the molecule is CNS(=O)(=O)CC[C@H](NC(=O)c1ccc(NC(=O)O)cc1)C(=O)N1CCC[C@@]2(C1)OC(=O)Nc1ccc(Cl)cc12. The summed E-state index contributed by atoms with van der Waals surface area (Å²) in [7, 11) is -2.45. The molecule has 214 valence electrons. The standard InChI is InChI=1S/C25H28ClN5O8S/c1-27-40(37,38)12-9-20(29-21(32)15-3-6-17(7-4-15)28-23(34)35)22(33)31-11-2-10-25(14-31)18-13-16(26)5-8-19(18)30-24(36)39-25/h3-8,13,20,27-28H,2,9-12,14H2,1H3,(H,29,32)(H,30,36)(H,34,35)/t20-,25-/m0/s1. The lowest BCUT2D eigenvalue weighted by atomic mass is 9.83. The fourth-order valence-corrected chi connectivity index (χ4v) is 5.73. The Morgan fingerprint density at radius 2 is 1.93 bits per heavy atom. The highest BCUT2D eigenvalue weighted by molar-refractivity contribution is 7.89. The van der Waals surface area contributed by atoms with E-state index in [1.54, 1.807) is 18.2 Å². The number of ether oxygens (including phenoxy) is 1. The molecule has 4 rings (SSSR count). The monoisotopic (exact) mass is 593 g/mol. The number of anilines is 2. The van der Waals surface area contributed by atoms with Crippen molar-refractivity contribution in [1.82, 2.24) is 14.9 Å². The summed E-state index contributed by atoms with van der Waals surface area (Å²) < 4.78 is 32.2. The number of carbonyl (C=O) groups is 4. The molecule has 2 aliphatic rings. The van der Waals surface area contributed by atoms with Crippen LogP contribution >= 0.6 is 11.6 Å². The lowest BCUT2D eigenvalue weighted by Gasteiger charge is -2.45. The molecule has 40 heavy (non-hydrogen) atoms. The number of carbonyl (C=O) groups excluding carboxylic acids is 3.